The summed E-state index contributed by atoms with van der Waals surface area (Å²) in [6, 6.07) is 0. The Morgan fingerprint density at radius 1 is 0.844 bits per heavy atom. The summed E-state index contributed by atoms with van der Waals surface area (Å²) in [5, 5.41) is 0. The summed E-state index contributed by atoms with van der Waals surface area (Å²) in [5.41, 5.74) is 0.485. The molecule has 0 aromatic rings. The first-order chi connectivity index (χ1) is 14.7. The van der Waals surface area contributed by atoms with Gasteiger partial charge in [0.1, 0.15) is 11.6 Å². The van der Waals surface area contributed by atoms with E-state index in [-0.39, 0.29) is 56.5 Å². The second-order valence-corrected chi connectivity index (χ2v) is 14.2. The Hall–Kier alpha value is -1.25. The van der Waals surface area contributed by atoms with Gasteiger partial charge in [-0.2, -0.15) is 0 Å². The third-order valence-electron chi connectivity index (χ3n) is 11.7. The van der Waals surface area contributed by atoms with E-state index in [0.717, 1.165) is 38.5 Å². The van der Waals surface area contributed by atoms with E-state index in [4.69, 9.17) is 0 Å². The molecule has 5 aliphatic rings. The monoisotopic (exact) mass is 438 g/mol. The third kappa shape index (κ3) is 2.63. The minimum absolute atomic E-state index is 0.101. The summed E-state index contributed by atoms with van der Waals surface area (Å²) in [6.07, 6.45) is 8.98. The lowest BCUT2D eigenvalue weighted by Gasteiger charge is -2.68. The standard InChI is InChI=1S/C29H42O3/c1-25(2)11-8-17-18(15-25)19-14-20(30)24-27(5)12-10-23(32)26(3,4)22(27)9-13-28(24,6)29(19,7)16-21(17)31/h14,17-18,22,24H,8-13,15-16H2,1-7H3. The van der Waals surface area contributed by atoms with Gasteiger partial charge in [-0.25, -0.2) is 0 Å². The Bertz CT molecular complexity index is 938. The largest absolute Gasteiger partial charge is 0.299 e. The van der Waals surface area contributed by atoms with Crippen molar-refractivity contribution in [1.29, 1.82) is 0 Å². The average Bonchev–Trinajstić information content (AvgIpc) is 2.66. The van der Waals surface area contributed by atoms with E-state index in [1.807, 2.05) is 6.08 Å². The van der Waals surface area contributed by atoms with Gasteiger partial charge in [0, 0.05) is 35.5 Å². The molecule has 3 nitrogen and oxygen atoms in total. The number of ketones is 3. The van der Waals surface area contributed by atoms with Crippen molar-refractivity contribution in [2.24, 2.45) is 50.7 Å². The van der Waals surface area contributed by atoms with Gasteiger partial charge in [0.2, 0.25) is 0 Å². The number of carbonyl (C=O) groups excluding carboxylic acids is 3. The van der Waals surface area contributed by atoms with Crippen LogP contribution in [0.5, 0.6) is 0 Å². The number of hydrogen-bond donors (Lipinski definition) is 0. The molecule has 4 fully saturated rings. The second kappa shape index (κ2) is 6.45. The predicted octanol–water partition coefficient (Wildman–Crippen LogP) is 6.35. The Morgan fingerprint density at radius 3 is 2.22 bits per heavy atom. The second-order valence-electron chi connectivity index (χ2n) is 14.2. The maximum Gasteiger partial charge on any atom is 0.159 e. The van der Waals surface area contributed by atoms with Crippen LogP contribution in [0.25, 0.3) is 0 Å². The highest BCUT2D eigenvalue weighted by molar-refractivity contribution is 5.98. The lowest BCUT2D eigenvalue weighted by atomic mass is 9.34. The quantitative estimate of drug-likeness (QED) is 0.443. The molecule has 32 heavy (non-hydrogen) atoms. The van der Waals surface area contributed by atoms with Gasteiger partial charge in [0.25, 0.3) is 0 Å². The predicted molar refractivity (Wildman–Crippen MR) is 126 cm³/mol. The fourth-order valence-electron chi connectivity index (χ4n) is 9.81. The number of fused-ring (bicyclic) bond motifs is 7. The lowest BCUT2D eigenvalue weighted by molar-refractivity contribution is -0.186. The molecule has 0 N–H and O–H groups in total. The highest BCUT2D eigenvalue weighted by Crippen LogP contribution is 2.73. The first-order valence-corrected chi connectivity index (χ1v) is 13.0. The Kier molecular flexibility index (Phi) is 4.54. The third-order valence-corrected chi connectivity index (χ3v) is 11.7. The van der Waals surface area contributed by atoms with E-state index >= 15 is 0 Å². The topological polar surface area (TPSA) is 51.2 Å². The van der Waals surface area contributed by atoms with Crippen LogP contribution in [0.2, 0.25) is 0 Å². The Labute approximate surface area is 194 Å². The molecular formula is C29H42O3. The molecule has 0 bridgehead atoms. The van der Waals surface area contributed by atoms with Crippen LogP contribution in [0.1, 0.15) is 99.8 Å². The van der Waals surface area contributed by atoms with Gasteiger partial charge in [0.05, 0.1) is 0 Å². The van der Waals surface area contributed by atoms with Crippen LogP contribution in [0.15, 0.2) is 11.6 Å². The van der Waals surface area contributed by atoms with Crippen LogP contribution in [-0.4, -0.2) is 17.3 Å². The summed E-state index contributed by atoms with van der Waals surface area (Å²) < 4.78 is 0. The van der Waals surface area contributed by atoms with E-state index in [9.17, 15) is 14.4 Å². The van der Waals surface area contributed by atoms with Crippen molar-refractivity contribution in [3.05, 3.63) is 11.6 Å². The smallest absolute Gasteiger partial charge is 0.159 e. The fraction of sp³-hybridized carbons (Fsp3) is 0.828. The molecule has 176 valence electrons. The fourth-order valence-corrected chi connectivity index (χ4v) is 9.81. The maximum absolute atomic E-state index is 14.1. The summed E-state index contributed by atoms with van der Waals surface area (Å²) in [6.45, 7) is 15.8. The minimum atomic E-state index is -0.375. The van der Waals surface area contributed by atoms with Gasteiger partial charge in [0.15, 0.2) is 5.78 Å². The molecule has 0 aromatic heterocycles. The molecule has 0 amide bonds. The normalized spacial score (nSPS) is 49.3. The molecule has 5 rings (SSSR count). The lowest BCUT2D eigenvalue weighted by Crippen LogP contribution is -2.66. The van der Waals surface area contributed by atoms with Gasteiger partial charge >= 0.3 is 0 Å². The van der Waals surface area contributed by atoms with Gasteiger partial charge in [-0.1, -0.05) is 54.0 Å². The zero-order chi connectivity index (χ0) is 23.5. The van der Waals surface area contributed by atoms with Gasteiger partial charge in [-0.15, -0.1) is 0 Å². The molecule has 5 aliphatic carbocycles. The number of Topliss-reactive ketones (excluding diaryl/α,β-unsaturated/α-hetero) is 2. The van der Waals surface area contributed by atoms with Gasteiger partial charge in [-0.3, -0.25) is 14.4 Å². The van der Waals surface area contributed by atoms with E-state index in [1.165, 1.54) is 5.57 Å². The van der Waals surface area contributed by atoms with Crippen LogP contribution in [0.3, 0.4) is 0 Å². The zero-order valence-electron chi connectivity index (χ0n) is 21.3. The van der Waals surface area contributed by atoms with Crippen molar-refractivity contribution in [2.75, 3.05) is 0 Å². The zero-order valence-corrected chi connectivity index (χ0v) is 21.3. The number of allylic oxidation sites excluding steroid dienone is 2. The Morgan fingerprint density at radius 2 is 1.53 bits per heavy atom. The molecule has 0 saturated heterocycles. The SMILES string of the molecule is CC1(C)CCC2C(=O)CC3(C)C(=CC(=O)C4C5(C)CCC(=O)C(C)(C)C5CCC43C)C2C1. The molecule has 3 heteroatoms. The molecule has 4 saturated carbocycles. The number of carbonyl (C=O) groups is 3. The highest BCUT2D eigenvalue weighted by Gasteiger charge is 2.70. The van der Waals surface area contributed by atoms with Crippen LogP contribution >= 0.6 is 0 Å². The van der Waals surface area contributed by atoms with Crippen LogP contribution < -0.4 is 0 Å². The average molecular weight is 439 g/mol. The van der Waals surface area contributed by atoms with E-state index in [1.54, 1.807) is 0 Å². The highest BCUT2D eigenvalue weighted by atomic mass is 16.1. The van der Waals surface area contributed by atoms with Gasteiger partial charge < -0.3 is 0 Å². The molecular weight excluding hydrogens is 396 g/mol. The summed E-state index contributed by atoms with van der Waals surface area (Å²) in [7, 11) is 0. The molecule has 7 unspecified atom stereocenters. The molecule has 0 aromatic carbocycles. The van der Waals surface area contributed by atoms with Crippen LogP contribution in [0.4, 0.5) is 0 Å². The van der Waals surface area contributed by atoms with Crippen molar-refractivity contribution in [3.63, 3.8) is 0 Å². The van der Waals surface area contributed by atoms with Crippen molar-refractivity contribution < 1.29 is 14.4 Å². The van der Waals surface area contributed by atoms with Crippen LogP contribution in [-0.2, 0) is 14.4 Å². The van der Waals surface area contributed by atoms with Crippen molar-refractivity contribution in [1.82, 2.24) is 0 Å². The number of hydrogen-bond acceptors (Lipinski definition) is 3. The molecule has 0 aliphatic heterocycles. The van der Waals surface area contributed by atoms with E-state index in [2.05, 4.69) is 48.5 Å². The summed E-state index contributed by atoms with van der Waals surface area (Å²) in [4.78, 5) is 40.4. The van der Waals surface area contributed by atoms with Crippen molar-refractivity contribution in [3.8, 4) is 0 Å². The molecule has 0 spiro atoms. The molecule has 7 atom stereocenters. The minimum Gasteiger partial charge on any atom is -0.299 e. The first-order valence-electron chi connectivity index (χ1n) is 13.0. The van der Waals surface area contributed by atoms with Gasteiger partial charge in [-0.05, 0) is 72.7 Å². The van der Waals surface area contributed by atoms with Crippen LogP contribution in [0, 0.1) is 50.7 Å². The number of rotatable bonds is 0. The van der Waals surface area contributed by atoms with Crippen molar-refractivity contribution in [2.45, 2.75) is 99.8 Å². The molecule has 0 heterocycles. The summed E-state index contributed by atoms with van der Waals surface area (Å²) in [5.74, 6) is 1.54. The van der Waals surface area contributed by atoms with Crippen molar-refractivity contribution >= 4 is 17.3 Å². The Balaban J connectivity index is 1.65. The van der Waals surface area contributed by atoms with E-state index in [0.29, 0.717) is 24.4 Å². The molecule has 0 radical (unpaired) electrons. The summed E-state index contributed by atoms with van der Waals surface area (Å²) >= 11 is 0. The maximum atomic E-state index is 14.1. The first kappa shape index (κ1) is 22.5. The van der Waals surface area contributed by atoms with E-state index < -0.39 is 0 Å².